The van der Waals surface area contributed by atoms with Gasteiger partial charge in [0, 0.05) is 12.0 Å². The summed E-state index contributed by atoms with van der Waals surface area (Å²) < 4.78 is 26.3. The molecule has 0 saturated heterocycles. The molecule has 2 rings (SSSR count). The molecule has 2 aromatic carbocycles. The average molecular weight is 243 g/mol. The van der Waals surface area contributed by atoms with E-state index in [0.29, 0.717) is 11.3 Å². The highest BCUT2D eigenvalue weighted by atomic mass is 19.1. The monoisotopic (exact) mass is 243 g/mol. The van der Waals surface area contributed by atoms with Gasteiger partial charge in [0.05, 0.1) is 6.57 Å². The molecule has 18 heavy (non-hydrogen) atoms. The van der Waals surface area contributed by atoms with Gasteiger partial charge in [-0.2, -0.15) is 0 Å². The lowest BCUT2D eigenvalue weighted by Gasteiger charge is -2.13. The fraction of sp³-hybridized carbons (Fsp3) is 0.133. The molecule has 1 nitrogen and oxygen atoms in total. The zero-order valence-electron chi connectivity index (χ0n) is 9.82. The molecule has 0 heterocycles. The van der Waals surface area contributed by atoms with Crippen LogP contribution < -0.4 is 0 Å². The summed E-state index contributed by atoms with van der Waals surface area (Å²) in [5, 5.41) is 0. The molecule has 90 valence electrons. The molecule has 0 radical (unpaired) electrons. The van der Waals surface area contributed by atoms with Gasteiger partial charge in [-0.05, 0) is 23.3 Å². The van der Waals surface area contributed by atoms with Crippen LogP contribution in [0.15, 0.2) is 42.5 Å². The Hall–Kier alpha value is -2.21. The van der Waals surface area contributed by atoms with Crippen LogP contribution in [0.1, 0.15) is 24.0 Å². The molecule has 0 bridgehead atoms. The Labute approximate surface area is 105 Å². The van der Waals surface area contributed by atoms with E-state index in [1.54, 1.807) is 24.3 Å². The summed E-state index contributed by atoms with van der Waals surface area (Å²) in [5.74, 6) is -1.26. The lowest BCUT2D eigenvalue weighted by Crippen LogP contribution is -1.97. The van der Waals surface area contributed by atoms with E-state index in [4.69, 9.17) is 6.57 Å². The molecule has 0 spiro atoms. The maximum absolute atomic E-state index is 13.1. The van der Waals surface area contributed by atoms with Crippen LogP contribution in [0.3, 0.4) is 0 Å². The summed E-state index contributed by atoms with van der Waals surface area (Å²) in [7, 11) is 0. The van der Waals surface area contributed by atoms with Gasteiger partial charge in [-0.25, -0.2) is 13.6 Å². The van der Waals surface area contributed by atoms with E-state index in [9.17, 15) is 8.78 Å². The van der Waals surface area contributed by atoms with Gasteiger partial charge in [-0.15, -0.1) is 0 Å². The molecule has 0 aliphatic carbocycles. The third-order valence-electron chi connectivity index (χ3n) is 2.91. The molecular formula is C15H11F2N. The molecule has 0 amide bonds. The maximum Gasteiger partial charge on any atom is 0.187 e. The zero-order valence-corrected chi connectivity index (χ0v) is 9.82. The molecule has 1 unspecified atom stereocenters. The Balaban J connectivity index is 2.35. The van der Waals surface area contributed by atoms with Crippen molar-refractivity contribution < 1.29 is 8.78 Å². The normalized spacial score (nSPS) is 11.9. The highest BCUT2D eigenvalue weighted by Gasteiger charge is 2.11. The van der Waals surface area contributed by atoms with Gasteiger partial charge in [-0.3, -0.25) is 0 Å². The highest BCUT2D eigenvalue weighted by molar-refractivity contribution is 5.47. The van der Waals surface area contributed by atoms with Crippen molar-refractivity contribution in [1.82, 2.24) is 0 Å². The van der Waals surface area contributed by atoms with Crippen LogP contribution in [0.4, 0.5) is 14.5 Å². The SMILES string of the molecule is [C-]#[N+]c1ccc(C(C)c2cc(F)cc(F)c2)cc1. The molecule has 0 aliphatic rings. The molecule has 2 aromatic rings. The largest absolute Gasteiger partial charge is 0.238 e. The van der Waals surface area contributed by atoms with E-state index < -0.39 is 11.6 Å². The second-order valence-electron chi connectivity index (χ2n) is 4.13. The van der Waals surface area contributed by atoms with Crippen molar-refractivity contribution in [3.63, 3.8) is 0 Å². The topological polar surface area (TPSA) is 4.36 Å². The number of rotatable bonds is 2. The zero-order chi connectivity index (χ0) is 13.1. The Kier molecular flexibility index (Phi) is 3.38. The fourth-order valence-electron chi connectivity index (χ4n) is 1.86. The van der Waals surface area contributed by atoms with Gasteiger partial charge in [0.1, 0.15) is 11.6 Å². The van der Waals surface area contributed by atoms with Crippen molar-refractivity contribution in [3.05, 3.63) is 76.6 Å². The van der Waals surface area contributed by atoms with Gasteiger partial charge < -0.3 is 0 Å². The summed E-state index contributed by atoms with van der Waals surface area (Å²) in [6, 6.07) is 10.5. The van der Waals surface area contributed by atoms with Gasteiger partial charge in [0.2, 0.25) is 0 Å². The lowest BCUT2D eigenvalue weighted by atomic mass is 9.93. The second kappa shape index (κ2) is 4.97. The van der Waals surface area contributed by atoms with Crippen LogP contribution in [0.5, 0.6) is 0 Å². The minimum absolute atomic E-state index is 0.116. The smallest absolute Gasteiger partial charge is 0.187 e. The van der Waals surface area contributed by atoms with Crippen molar-refractivity contribution in [3.8, 4) is 0 Å². The minimum Gasteiger partial charge on any atom is -0.238 e. The molecule has 0 aliphatic heterocycles. The van der Waals surface area contributed by atoms with Gasteiger partial charge >= 0.3 is 0 Å². The van der Waals surface area contributed by atoms with Crippen molar-refractivity contribution in [2.75, 3.05) is 0 Å². The van der Waals surface area contributed by atoms with Gasteiger partial charge in [0.15, 0.2) is 5.69 Å². The van der Waals surface area contributed by atoms with Crippen molar-refractivity contribution in [2.24, 2.45) is 0 Å². The standard InChI is InChI=1S/C15H11F2N/c1-10(11-3-5-15(18-2)6-4-11)12-7-13(16)9-14(17)8-12/h3-10H,1H3. The third kappa shape index (κ3) is 2.54. The van der Waals surface area contributed by atoms with E-state index >= 15 is 0 Å². The fourth-order valence-corrected chi connectivity index (χ4v) is 1.86. The lowest BCUT2D eigenvalue weighted by molar-refractivity contribution is 0.578. The maximum atomic E-state index is 13.1. The summed E-state index contributed by atoms with van der Waals surface area (Å²) in [5.41, 5.74) is 2.06. The number of halogens is 2. The van der Waals surface area contributed by atoms with Crippen LogP contribution in [0, 0.1) is 18.2 Å². The average Bonchev–Trinajstić information content (AvgIpc) is 2.37. The first-order valence-corrected chi connectivity index (χ1v) is 5.53. The van der Waals surface area contributed by atoms with Crippen LogP contribution in [-0.2, 0) is 0 Å². The summed E-state index contributed by atoms with van der Waals surface area (Å²) in [4.78, 5) is 3.30. The molecule has 1 atom stereocenters. The highest BCUT2D eigenvalue weighted by Crippen LogP contribution is 2.27. The molecule has 3 heteroatoms. The Morgan fingerprint density at radius 3 is 2.00 bits per heavy atom. The number of hydrogen-bond acceptors (Lipinski definition) is 0. The summed E-state index contributed by atoms with van der Waals surface area (Å²) in [6.45, 7) is 8.74. The second-order valence-corrected chi connectivity index (χ2v) is 4.13. The van der Waals surface area contributed by atoms with E-state index in [0.717, 1.165) is 11.6 Å². The number of benzene rings is 2. The molecule has 0 saturated carbocycles. The van der Waals surface area contributed by atoms with E-state index in [1.165, 1.54) is 12.1 Å². The molecule has 0 aromatic heterocycles. The summed E-state index contributed by atoms with van der Waals surface area (Å²) >= 11 is 0. The van der Waals surface area contributed by atoms with Crippen LogP contribution in [0.2, 0.25) is 0 Å². The first-order chi connectivity index (χ1) is 8.60. The Bertz CT molecular complexity index is 577. The van der Waals surface area contributed by atoms with Crippen LogP contribution in [-0.4, -0.2) is 0 Å². The predicted molar refractivity (Wildman–Crippen MR) is 66.6 cm³/mol. The summed E-state index contributed by atoms with van der Waals surface area (Å²) in [6.07, 6.45) is 0. The van der Waals surface area contributed by atoms with Crippen molar-refractivity contribution >= 4 is 5.69 Å². The molecule has 0 fully saturated rings. The first-order valence-electron chi connectivity index (χ1n) is 5.53. The number of nitrogens with zero attached hydrogens (tertiary/aromatic N) is 1. The van der Waals surface area contributed by atoms with E-state index in [2.05, 4.69) is 4.85 Å². The van der Waals surface area contributed by atoms with Gasteiger partial charge in [0.25, 0.3) is 0 Å². The Morgan fingerprint density at radius 1 is 0.944 bits per heavy atom. The van der Waals surface area contributed by atoms with E-state index in [-0.39, 0.29) is 5.92 Å². The number of hydrogen-bond donors (Lipinski definition) is 0. The van der Waals surface area contributed by atoms with Crippen molar-refractivity contribution in [2.45, 2.75) is 12.8 Å². The molecular weight excluding hydrogens is 232 g/mol. The van der Waals surface area contributed by atoms with Gasteiger partial charge in [-0.1, -0.05) is 31.2 Å². The van der Waals surface area contributed by atoms with Crippen LogP contribution in [0.25, 0.3) is 4.85 Å². The quantitative estimate of drug-likeness (QED) is 0.675. The predicted octanol–water partition coefficient (Wildman–Crippen LogP) is 4.67. The first kappa shape index (κ1) is 12.3. The third-order valence-corrected chi connectivity index (χ3v) is 2.91. The Morgan fingerprint density at radius 2 is 1.50 bits per heavy atom. The van der Waals surface area contributed by atoms with Crippen LogP contribution >= 0.6 is 0 Å². The van der Waals surface area contributed by atoms with E-state index in [1.807, 2.05) is 6.92 Å². The molecule has 0 N–H and O–H groups in total. The van der Waals surface area contributed by atoms with Crippen molar-refractivity contribution in [1.29, 1.82) is 0 Å². The minimum atomic E-state index is -0.574.